The molecule has 2 amide bonds. The third-order valence-corrected chi connectivity index (χ3v) is 3.77. The summed E-state index contributed by atoms with van der Waals surface area (Å²) in [5.41, 5.74) is 1.26. The zero-order valence-electron chi connectivity index (χ0n) is 14.1. The lowest BCUT2D eigenvalue weighted by Crippen LogP contribution is -2.34. The zero-order chi connectivity index (χ0) is 16.7. The highest BCUT2D eigenvalue weighted by Gasteiger charge is 2.23. The van der Waals surface area contributed by atoms with Gasteiger partial charge in [0, 0.05) is 17.3 Å². The smallest absolute Gasteiger partial charge is 0.251 e. The summed E-state index contributed by atoms with van der Waals surface area (Å²) in [5, 5.41) is 5.85. The first-order valence-corrected chi connectivity index (χ1v) is 8.55. The molecule has 1 aromatic carbocycles. The number of carbonyl (C=O) groups excluding carboxylic acids is 2. The zero-order valence-corrected chi connectivity index (χ0v) is 14.1. The molecule has 1 aromatic rings. The molecule has 0 spiro atoms. The van der Waals surface area contributed by atoms with E-state index >= 15 is 0 Å². The predicted octanol–water partition coefficient (Wildman–Crippen LogP) is 2.64. The summed E-state index contributed by atoms with van der Waals surface area (Å²) in [6, 6.07) is 7.45. The standard InChI is InChI=1S/C18H27N3O2/c1-3-10-21(11-4-2)13-17(22)19-16-7-5-6-14(12-16)18(23)20-15-8-9-15/h5-7,12,15H,3-4,8-11,13H2,1-2H3,(H,19,22)(H,20,23). The SMILES string of the molecule is CCCN(CCC)CC(=O)Nc1cccc(C(=O)NC2CC2)c1. The molecule has 1 saturated carbocycles. The Morgan fingerprint density at radius 3 is 2.48 bits per heavy atom. The van der Waals surface area contributed by atoms with Crippen molar-refractivity contribution >= 4 is 17.5 Å². The summed E-state index contributed by atoms with van der Waals surface area (Å²) >= 11 is 0. The Bertz CT molecular complexity index is 535. The summed E-state index contributed by atoms with van der Waals surface area (Å²) in [4.78, 5) is 26.4. The van der Waals surface area contributed by atoms with Gasteiger partial charge in [0.2, 0.25) is 5.91 Å². The van der Waals surface area contributed by atoms with Crippen LogP contribution in [0.3, 0.4) is 0 Å². The summed E-state index contributed by atoms with van der Waals surface area (Å²) in [6.07, 6.45) is 4.19. The number of hydrogen-bond acceptors (Lipinski definition) is 3. The molecule has 126 valence electrons. The number of carbonyl (C=O) groups is 2. The third-order valence-electron chi connectivity index (χ3n) is 3.77. The third kappa shape index (κ3) is 6.02. The van der Waals surface area contributed by atoms with Crippen molar-refractivity contribution in [1.29, 1.82) is 0 Å². The van der Waals surface area contributed by atoms with Crippen LogP contribution in [0, 0.1) is 0 Å². The Labute approximate surface area is 138 Å². The van der Waals surface area contributed by atoms with Gasteiger partial charge in [-0.3, -0.25) is 14.5 Å². The molecular weight excluding hydrogens is 290 g/mol. The molecule has 0 heterocycles. The van der Waals surface area contributed by atoms with Gasteiger partial charge in [0.1, 0.15) is 0 Å². The van der Waals surface area contributed by atoms with Gasteiger partial charge >= 0.3 is 0 Å². The van der Waals surface area contributed by atoms with Crippen LogP contribution in [0.5, 0.6) is 0 Å². The number of anilines is 1. The number of rotatable bonds is 9. The fourth-order valence-corrected chi connectivity index (χ4v) is 2.54. The monoisotopic (exact) mass is 317 g/mol. The second-order valence-electron chi connectivity index (χ2n) is 6.15. The van der Waals surface area contributed by atoms with Gasteiger partial charge in [-0.15, -0.1) is 0 Å². The van der Waals surface area contributed by atoms with Crippen LogP contribution in [0.25, 0.3) is 0 Å². The normalized spacial score (nSPS) is 13.9. The van der Waals surface area contributed by atoms with Crippen LogP contribution in [0.4, 0.5) is 5.69 Å². The average Bonchev–Trinajstić information content (AvgIpc) is 3.32. The first kappa shape index (κ1) is 17.5. The maximum absolute atomic E-state index is 12.2. The van der Waals surface area contributed by atoms with Crippen LogP contribution in [-0.4, -0.2) is 42.4 Å². The minimum atomic E-state index is -0.0674. The average molecular weight is 317 g/mol. The Balaban J connectivity index is 1.90. The molecule has 0 bridgehead atoms. The highest BCUT2D eigenvalue weighted by Crippen LogP contribution is 2.20. The maximum atomic E-state index is 12.2. The van der Waals surface area contributed by atoms with Crippen molar-refractivity contribution in [3.8, 4) is 0 Å². The lowest BCUT2D eigenvalue weighted by Gasteiger charge is -2.20. The molecule has 23 heavy (non-hydrogen) atoms. The molecule has 2 rings (SSSR count). The quantitative estimate of drug-likeness (QED) is 0.736. The van der Waals surface area contributed by atoms with Crippen molar-refractivity contribution in [1.82, 2.24) is 10.2 Å². The molecule has 1 aliphatic carbocycles. The largest absolute Gasteiger partial charge is 0.349 e. The molecule has 0 unspecified atom stereocenters. The van der Waals surface area contributed by atoms with E-state index in [1.807, 2.05) is 6.07 Å². The fourth-order valence-electron chi connectivity index (χ4n) is 2.54. The molecule has 0 aromatic heterocycles. The van der Waals surface area contributed by atoms with Crippen LogP contribution >= 0.6 is 0 Å². The van der Waals surface area contributed by atoms with Gasteiger partial charge in [-0.1, -0.05) is 19.9 Å². The van der Waals surface area contributed by atoms with E-state index in [1.165, 1.54) is 0 Å². The van der Waals surface area contributed by atoms with E-state index in [9.17, 15) is 9.59 Å². The van der Waals surface area contributed by atoms with Gasteiger partial charge in [0.15, 0.2) is 0 Å². The second-order valence-corrected chi connectivity index (χ2v) is 6.15. The van der Waals surface area contributed by atoms with Gasteiger partial charge in [-0.05, 0) is 57.0 Å². The summed E-state index contributed by atoms with van der Waals surface area (Å²) in [5.74, 6) is -0.103. The maximum Gasteiger partial charge on any atom is 0.251 e. The first-order chi connectivity index (χ1) is 11.1. The van der Waals surface area contributed by atoms with Gasteiger partial charge in [-0.25, -0.2) is 0 Å². The van der Waals surface area contributed by atoms with Crippen molar-refractivity contribution in [3.05, 3.63) is 29.8 Å². The van der Waals surface area contributed by atoms with Crippen LogP contribution in [0.2, 0.25) is 0 Å². The molecular formula is C18H27N3O2. The topological polar surface area (TPSA) is 61.4 Å². The number of benzene rings is 1. The number of hydrogen-bond donors (Lipinski definition) is 2. The van der Waals surface area contributed by atoms with E-state index in [0.717, 1.165) is 38.8 Å². The van der Waals surface area contributed by atoms with Gasteiger partial charge in [-0.2, -0.15) is 0 Å². The van der Waals surface area contributed by atoms with Gasteiger partial charge in [0.25, 0.3) is 5.91 Å². The highest BCUT2D eigenvalue weighted by molar-refractivity contribution is 5.97. The van der Waals surface area contributed by atoms with E-state index in [4.69, 9.17) is 0 Å². The second kappa shape index (κ2) is 8.67. The van der Waals surface area contributed by atoms with Crippen molar-refractivity contribution in [3.63, 3.8) is 0 Å². The number of amides is 2. The van der Waals surface area contributed by atoms with E-state index in [2.05, 4.69) is 29.4 Å². The van der Waals surface area contributed by atoms with Crippen LogP contribution in [0.1, 0.15) is 49.9 Å². The molecule has 0 saturated heterocycles. The van der Waals surface area contributed by atoms with E-state index < -0.39 is 0 Å². The van der Waals surface area contributed by atoms with Crippen LogP contribution < -0.4 is 10.6 Å². The lowest BCUT2D eigenvalue weighted by molar-refractivity contribution is -0.117. The summed E-state index contributed by atoms with van der Waals surface area (Å²) in [6.45, 7) is 6.46. The summed E-state index contributed by atoms with van der Waals surface area (Å²) < 4.78 is 0. The van der Waals surface area contributed by atoms with Gasteiger partial charge in [0.05, 0.1) is 6.54 Å². The molecule has 5 heteroatoms. The number of nitrogens with zero attached hydrogens (tertiary/aromatic N) is 1. The Hall–Kier alpha value is -1.88. The Morgan fingerprint density at radius 1 is 1.17 bits per heavy atom. The van der Waals surface area contributed by atoms with Crippen molar-refractivity contribution in [2.45, 2.75) is 45.6 Å². The molecule has 0 aliphatic heterocycles. The summed E-state index contributed by atoms with van der Waals surface area (Å²) in [7, 11) is 0. The predicted molar refractivity (Wildman–Crippen MR) is 92.6 cm³/mol. The van der Waals surface area contributed by atoms with E-state index in [1.54, 1.807) is 18.2 Å². The van der Waals surface area contributed by atoms with Crippen LogP contribution in [-0.2, 0) is 4.79 Å². The minimum absolute atomic E-state index is 0.0355. The Kier molecular flexibility index (Phi) is 6.59. The molecule has 1 fully saturated rings. The minimum Gasteiger partial charge on any atom is -0.349 e. The van der Waals surface area contributed by atoms with Crippen molar-refractivity contribution in [2.24, 2.45) is 0 Å². The fraction of sp³-hybridized carbons (Fsp3) is 0.556. The van der Waals surface area contributed by atoms with E-state index in [0.29, 0.717) is 23.8 Å². The molecule has 2 N–H and O–H groups in total. The molecule has 5 nitrogen and oxygen atoms in total. The van der Waals surface area contributed by atoms with Gasteiger partial charge < -0.3 is 10.6 Å². The van der Waals surface area contributed by atoms with E-state index in [-0.39, 0.29) is 11.8 Å². The first-order valence-electron chi connectivity index (χ1n) is 8.55. The molecule has 1 aliphatic rings. The number of nitrogens with one attached hydrogen (secondary N) is 2. The highest BCUT2D eigenvalue weighted by atomic mass is 16.2. The molecule has 0 atom stereocenters. The van der Waals surface area contributed by atoms with Crippen molar-refractivity contribution in [2.75, 3.05) is 25.0 Å². The van der Waals surface area contributed by atoms with Crippen molar-refractivity contribution < 1.29 is 9.59 Å². The van der Waals surface area contributed by atoms with Crippen LogP contribution in [0.15, 0.2) is 24.3 Å². The molecule has 0 radical (unpaired) electrons. The Morgan fingerprint density at radius 2 is 1.87 bits per heavy atom. The lowest BCUT2D eigenvalue weighted by atomic mass is 10.2.